The SMILES string of the molecule is CCN(CC)C(=O)Cc1cncc(CCCOCCCCCCNCC(O)c2cc(Cl)c(N)c(Cl)c2)c1. The molecule has 1 unspecified atom stereocenters. The van der Waals surface area contributed by atoms with Crippen LogP contribution in [0.5, 0.6) is 0 Å². The number of anilines is 1. The number of aliphatic hydroxyl groups is 1. The number of aliphatic hydroxyl groups excluding tert-OH is 1. The average Bonchev–Trinajstić information content (AvgIpc) is 2.88. The molecule has 1 aromatic heterocycles. The lowest BCUT2D eigenvalue weighted by molar-refractivity contribution is -0.130. The molecule has 0 aliphatic heterocycles. The second kappa shape index (κ2) is 17.6. The van der Waals surface area contributed by atoms with E-state index < -0.39 is 6.10 Å². The van der Waals surface area contributed by atoms with E-state index in [-0.39, 0.29) is 5.91 Å². The first-order valence-electron chi connectivity index (χ1n) is 13.3. The first-order chi connectivity index (χ1) is 17.8. The molecule has 0 aliphatic carbocycles. The monoisotopic (exact) mass is 552 g/mol. The molecule has 206 valence electrons. The maximum absolute atomic E-state index is 12.3. The van der Waals surface area contributed by atoms with Gasteiger partial charge < -0.3 is 25.8 Å². The van der Waals surface area contributed by atoms with E-state index in [0.29, 0.717) is 34.3 Å². The van der Waals surface area contributed by atoms with Gasteiger partial charge in [0.05, 0.1) is 28.3 Å². The van der Waals surface area contributed by atoms with Crippen LogP contribution in [0.4, 0.5) is 5.69 Å². The molecule has 9 heteroatoms. The number of nitrogens with two attached hydrogens (primary N) is 1. The smallest absolute Gasteiger partial charge is 0.227 e. The van der Waals surface area contributed by atoms with Gasteiger partial charge in [0.15, 0.2) is 0 Å². The van der Waals surface area contributed by atoms with Crippen molar-refractivity contribution in [2.45, 2.75) is 64.9 Å². The maximum Gasteiger partial charge on any atom is 0.227 e. The van der Waals surface area contributed by atoms with Crippen molar-refractivity contribution in [1.29, 1.82) is 0 Å². The van der Waals surface area contributed by atoms with E-state index in [1.165, 1.54) is 0 Å². The van der Waals surface area contributed by atoms with Crippen molar-refractivity contribution in [2.24, 2.45) is 0 Å². The van der Waals surface area contributed by atoms with Crippen LogP contribution in [0, 0.1) is 0 Å². The van der Waals surface area contributed by atoms with Crippen molar-refractivity contribution in [1.82, 2.24) is 15.2 Å². The summed E-state index contributed by atoms with van der Waals surface area (Å²) in [5.74, 6) is 0.148. The third-order valence-electron chi connectivity index (χ3n) is 6.29. The molecule has 1 atom stereocenters. The molecule has 4 N–H and O–H groups in total. The molecular formula is C28H42Cl2N4O3. The molecular weight excluding hydrogens is 511 g/mol. The summed E-state index contributed by atoms with van der Waals surface area (Å²) in [6, 6.07) is 5.39. The number of ether oxygens (including phenoxy) is 1. The van der Waals surface area contributed by atoms with Crippen molar-refractivity contribution in [2.75, 3.05) is 45.1 Å². The number of carbonyl (C=O) groups excluding carboxylic acids is 1. The zero-order chi connectivity index (χ0) is 27.0. The van der Waals surface area contributed by atoms with E-state index >= 15 is 0 Å². The number of pyridine rings is 1. The first kappa shape index (κ1) is 31.3. The van der Waals surface area contributed by atoms with Crippen molar-refractivity contribution < 1.29 is 14.6 Å². The molecule has 7 nitrogen and oxygen atoms in total. The summed E-state index contributed by atoms with van der Waals surface area (Å²) in [5, 5.41) is 14.3. The van der Waals surface area contributed by atoms with E-state index in [4.69, 9.17) is 33.7 Å². The summed E-state index contributed by atoms with van der Waals surface area (Å²) in [6.07, 6.45) is 9.50. The van der Waals surface area contributed by atoms with E-state index in [2.05, 4.69) is 16.4 Å². The predicted molar refractivity (Wildman–Crippen MR) is 152 cm³/mol. The van der Waals surface area contributed by atoms with Crippen molar-refractivity contribution in [3.05, 3.63) is 57.3 Å². The Labute approximate surface area is 231 Å². The zero-order valence-electron chi connectivity index (χ0n) is 22.1. The molecule has 0 aliphatic rings. The minimum Gasteiger partial charge on any atom is -0.396 e. The van der Waals surface area contributed by atoms with Gasteiger partial charge >= 0.3 is 0 Å². The van der Waals surface area contributed by atoms with Gasteiger partial charge in [-0.2, -0.15) is 0 Å². The number of nitrogen functional groups attached to an aromatic ring is 1. The van der Waals surface area contributed by atoms with Gasteiger partial charge in [0.1, 0.15) is 0 Å². The van der Waals surface area contributed by atoms with Crippen LogP contribution >= 0.6 is 23.2 Å². The summed E-state index contributed by atoms with van der Waals surface area (Å²) in [5.41, 5.74) is 8.84. The topological polar surface area (TPSA) is 101 Å². The van der Waals surface area contributed by atoms with Crippen LogP contribution in [0.15, 0.2) is 30.6 Å². The Kier molecular flexibility index (Phi) is 14.9. The number of hydrogen-bond donors (Lipinski definition) is 3. The molecule has 1 heterocycles. The Morgan fingerprint density at radius 1 is 1.03 bits per heavy atom. The van der Waals surface area contributed by atoms with E-state index in [1.54, 1.807) is 18.3 Å². The molecule has 1 aromatic carbocycles. The lowest BCUT2D eigenvalue weighted by atomic mass is 10.1. The molecule has 1 amide bonds. The highest BCUT2D eigenvalue weighted by Gasteiger charge is 2.12. The number of rotatable bonds is 18. The number of unbranched alkanes of at least 4 members (excludes halogenated alkanes) is 3. The Hall–Kier alpha value is -1.90. The molecule has 2 rings (SSSR count). The molecule has 0 fully saturated rings. The van der Waals surface area contributed by atoms with Gasteiger partial charge in [0.2, 0.25) is 5.91 Å². The van der Waals surface area contributed by atoms with Crippen molar-refractivity contribution in [3.63, 3.8) is 0 Å². The quantitative estimate of drug-likeness (QED) is 0.173. The number of hydrogen-bond acceptors (Lipinski definition) is 6. The van der Waals surface area contributed by atoms with Gasteiger partial charge in [0, 0.05) is 45.2 Å². The Balaban J connectivity index is 1.48. The first-order valence-corrected chi connectivity index (χ1v) is 14.0. The fraction of sp³-hybridized carbons (Fsp3) is 0.571. The normalized spacial score (nSPS) is 12.0. The fourth-order valence-electron chi connectivity index (χ4n) is 4.08. The molecule has 0 saturated carbocycles. The van der Waals surface area contributed by atoms with Gasteiger partial charge in [0.25, 0.3) is 0 Å². The summed E-state index contributed by atoms with van der Waals surface area (Å²) in [4.78, 5) is 18.5. The molecule has 0 radical (unpaired) electrons. The predicted octanol–water partition coefficient (Wildman–Crippen LogP) is 5.21. The van der Waals surface area contributed by atoms with Crippen LogP contribution in [0.25, 0.3) is 0 Å². The van der Waals surface area contributed by atoms with Crippen LogP contribution in [0.1, 0.15) is 68.7 Å². The number of nitrogens with zero attached hydrogens (tertiary/aromatic N) is 2. The van der Waals surface area contributed by atoms with Crippen LogP contribution in [0.3, 0.4) is 0 Å². The Morgan fingerprint density at radius 2 is 1.68 bits per heavy atom. The van der Waals surface area contributed by atoms with Crippen LogP contribution in [-0.4, -0.2) is 60.3 Å². The van der Waals surface area contributed by atoms with Crippen LogP contribution in [0.2, 0.25) is 10.0 Å². The highest BCUT2D eigenvalue weighted by Crippen LogP contribution is 2.31. The zero-order valence-corrected chi connectivity index (χ0v) is 23.7. The van der Waals surface area contributed by atoms with Gasteiger partial charge in [-0.05, 0) is 74.9 Å². The molecule has 37 heavy (non-hydrogen) atoms. The lowest BCUT2D eigenvalue weighted by Gasteiger charge is -2.18. The Morgan fingerprint density at radius 3 is 2.38 bits per heavy atom. The van der Waals surface area contributed by atoms with Crippen molar-refractivity contribution >= 4 is 34.8 Å². The maximum atomic E-state index is 12.3. The number of halogens is 2. The fourth-order valence-corrected chi connectivity index (χ4v) is 4.58. The summed E-state index contributed by atoms with van der Waals surface area (Å²) in [6.45, 7) is 8.23. The average molecular weight is 554 g/mol. The van der Waals surface area contributed by atoms with Gasteiger partial charge in [-0.15, -0.1) is 0 Å². The molecule has 0 bridgehead atoms. The van der Waals surface area contributed by atoms with Gasteiger partial charge in [-0.1, -0.05) is 42.1 Å². The largest absolute Gasteiger partial charge is 0.396 e. The highest BCUT2D eigenvalue weighted by molar-refractivity contribution is 6.38. The number of carbonyl (C=O) groups is 1. The minimum absolute atomic E-state index is 0.148. The Bertz CT molecular complexity index is 934. The summed E-state index contributed by atoms with van der Waals surface area (Å²) < 4.78 is 5.79. The number of amides is 1. The van der Waals surface area contributed by atoms with Crippen LogP contribution in [-0.2, 0) is 22.4 Å². The third-order valence-corrected chi connectivity index (χ3v) is 6.92. The second-order valence-corrected chi connectivity index (χ2v) is 10.0. The van der Waals surface area contributed by atoms with Gasteiger partial charge in [-0.3, -0.25) is 9.78 Å². The number of benzene rings is 1. The second-order valence-electron chi connectivity index (χ2n) is 9.19. The van der Waals surface area contributed by atoms with E-state index in [0.717, 1.165) is 82.5 Å². The highest BCUT2D eigenvalue weighted by atomic mass is 35.5. The van der Waals surface area contributed by atoms with Gasteiger partial charge in [-0.25, -0.2) is 0 Å². The van der Waals surface area contributed by atoms with E-state index in [1.807, 2.05) is 24.9 Å². The van der Waals surface area contributed by atoms with E-state index in [9.17, 15) is 9.90 Å². The summed E-state index contributed by atoms with van der Waals surface area (Å²) in [7, 11) is 0. The minimum atomic E-state index is -0.683. The molecule has 2 aromatic rings. The third kappa shape index (κ3) is 11.6. The van der Waals surface area contributed by atoms with Crippen molar-refractivity contribution in [3.8, 4) is 0 Å². The number of aryl methyl sites for hydroxylation is 1. The number of nitrogens with one attached hydrogen (secondary N) is 1. The molecule has 0 spiro atoms. The summed E-state index contributed by atoms with van der Waals surface area (Å²) >= 11 is 12.1. The lowest BCUT2D eigenvalue weighted by Crippen LogP contribution is -2.31. The van der Waals surface area contributed by atoms with Crippen LogP contribution < -0.4 is 11.1 Å². The number of aromatic nitrogens is 1. The standard InChI is InChI=1S/C28H42Cl2N4O3/c1-3-34(4-2)27(36)15-22-14-21(18-33-19-22)10-9-13-37-12-8-6-5-7-11-32-20-26(35)23-16-24(29)28(31)25(30)17-23/h14,16-19,26,32,35H,3-13,15,20,31H2,1-2H3. The molecule has 0 saturated heterocycles. The number of likely N-dealkylation sites (N-methyl/N-ethyl adjacent to an activating group) is 1.